The maximum atomic E-state index is 15.9. The zero-order valence-electron chi connectivity index (χ0n) is 44.0. The Morgan fingerprint density at radius 3 is 1.14 bits per heavy atom. The van der Waals surface area contributed by atoms with Gasteiger partial charge in [-0.25, -0.2) is 24.0 Å². The molecule has 0 aliphatic carbocycles. The van der Waals surface area contributed by atoms with E-state index in [2.05, 4.69) is 0 Å². The van der Waals surface area contributed by atoms with Gasteiger partial charge in [0, 0.05) is 72.9 Å². The van der Waals surface area contributed by atoms with Crippen LogP contribution in [-0.4, -0.2) is 118 Å². The number of benzene rings is 6. The summed E-state index contributed by atoms with van der Waals surface area (Å²) >= 11 is 12.7. The molecule has 17 nitrogen and oxygen atoms in total. The van der Waals surface area contributed by atoms with Crippen molar-refractivity contribution in [1.29, 1.82) is 0 Å². The van der Waals surface area contributed by atoms with Gasteiger partial charge in [0.05, 0.1) is 77.0 Å². The van der Waals surface area contributed by atoms with Crippen molar-refractivity contribution in [2.45, 2.75) is 17.6 Å². The standard InChI is InChI=1S/C55H39Cl2N7O6.2C3H7NO/c1-70-54(69)55-44-42(50(65)62(52(44)67)38-26-22-34(56)23-27-38)48(40-30-60(36-18-10-4-11-19-36)58-46(40)32-14-6-2-7-15-32)64(55)49(43-45(55)53(68)63(51(43)66)39-28-24-35(57)25-29-39)41-31-61(37-20-12-5-13-21-37)59-47(41)33-16-8-3-9-17-33;2*1-4(2)3-5/h2-31,42-45,48-49H,1H3;2*3H,1-2H3/t42-,43-,44-,45-,48-,49-;;/m0../s1. The van der Waals surface area contributed by atoms with Crippen molar-refractivity contribution in [2.24, 2.45) is 23.7 Å². The van der Waals surface area contributed by atoms with Gasteiger partial charge in [0.15, 0.2) is 0 Å². The van der Waals surface area contributed by atoms with E-state index in [1.807, 2.05) is 134 Å². The van der Waals surface area contributed by atoms with Crippen LogP contribution in [-0.2, 0) is 38.3 Å². The lowest BCUT2D eigenvalue weighted by molar-refractivity contribution is -0.162. The van der Waals surface area contributed by atoms with Gasteiger partial charge in [0.1, 0.15) is 5.54 Å². The number of para-hydroxylation sites is 2. The number of carbonyl (C=O) groups excluding carboxylic acids is 7. The third kappa shape index (κ3) is 9.31. The van der Waals surface area contributed by atoms with Crippen molar-refractivity contribution >= 4 is 77.0 Å². The topological polar surface area (TPSA) is 181 Å². The molecule has 19 heteroatoms. The van der Waals surface area contributed by atoms with Gasteiger partial charge in [-0.1, -0.05) is 120 Å². The summed E-state index contributed by atoms with van der Waals surface area (Å²) in [5.41, 5.74) is 2.80. The minimum atomic E-state index is -2.28. The van der Waals surface area contributed by atoms with E-state index in [-0.39, 0.29) is 11.4 Å². The van der Waals surface area contributed by atoms with Crippen molar-refractivity contribution in [1.82, 2.24) is 34.3 Å². The number of amides is 6. The highest BCUT2D eigenvalue weighted by atomic mass is 35.5. The summed E-state index contributed by atoms with van der Waals surface area (Å²) in [6.45, 7) is 0. The van der Waals surface area contributed by atoms with Crippen LogP contribution in [0.25, 0.3) is 33.9 Å². The fraction of sp³-hybridized carbons (Fsp3) is 0.197. The highest BCUT2D eigenvalue weighted by Crippen LogP contribution is 2.70. The smallest absolute Gasteiger partial charge is 0.328 e. The number of aromatic nitrogens is 4. The quantitative estimate of drug-likeness (QED) is 0.0687. The second-order valence-corrected chi connectivity index (χ2v) is 20.8. The molecule has 80 heavy (non-hydrogen) atoms. The molecule has 0 saturated carbocycles. The minimum Gasteiger partial charge on any atom is -0.468 e. The summed E-state index contributed by atoms with van der Waals surface area (Å²) in [6, 6.07) is 47.9. The first-order valence-electron chi connectivity index (χ1n) is 25.4. The Bertz CT molecular complexity index is 3390. The fourth-order valence-electron chi connectivity index (χ4n) is 11.6. The van der Waals surface area contributed by atoms with Crippen LogP contribution in [0.15, 0.2) is 182 Å². The van der Waals surface area contributed by atoms with Crippen LogP contribution >= 0.6 is 23.2 Å². The van der Waals surface area contributed by atoms with Crippen LogP contribution in [0.4, 0.5) is 11.4 Å². The van der Waals surface area contributed by atoms with Crippen molar-refractivity contribution < 1.29 is 38.3 Å². The number of anilines is 2. The molecule has 6 atom stereocenters. The van der Waals surface area contributed by atoms with Crippen LogP contribution in [0, 0.1) is 23.7 Å². The Balaban J connectivity index is 0.000000664. The summed E-state index contributed by atoms with van der Waals surface area (Å²) in [5, 5.41) is 11.1. The molecule has 6 heterocycles. The van der Waals surface area contributed by atoms with Gasteiger partial charge in [-0.2, -0.15) is 10.2 Å². The number of carbonyl (C=O) groups is 7. The van der Waals surface area contributed by atoms with E-state index < -0.39 is 70.9 Å². The molecule has 4 aliphatic rings. The predicted molar refractivity (Wildman–Crippen MR) is 301 cm³/mol. The van der Waals surface area contributed by atoms with Gasteiger partial charge in [-0.05, 0) is 72.8 Å². The molecule has 404 valence electrons. The van der Waals surface area contributed by atoms with Gasteiger partial charge in [-0.15, -0.1) is 0 Å². The molecule has 4 saturated heterocycles. The van der Waals surface area contributed by atoms with Crippen LogP contribution in [0.3, 0.4) is 0 Å². The molecule has 0 bridgehead atoms. The molecule has 6 aromatic carbocycles. The maximum absolute atomic E-state index is 15.9. The highest BCUT2D eigenvalue weighted by Gasteiger charge is 2.84. The molecule has 12 rings (SSSR count). The minimum absolute atomic E-state index is 0.223. The number of rotatable bonds is 11. The van der Waals surface area contributed by atoms with Gasteiger partial charge in [0.25, 0.3) is 0 Å². The van der Waals surface area contributed by atoms with E-state index in [4.69, 9.17) is 38.1 Å². The summed E-state index contributed by atoms with van der Waals surface area (Å²) in [5.74, 6) is -9.46. The lowest BCUT2D eigenvalue weighted by Gasteiger charge is -2.41. The van der Waals surface area contributed by atoms with Gasteiger partial charge in [-0.3, -0.25) is 33.7 Å². The zero-order valence-corrected chi connectivity index (χ0v) is 45.5. The number of hydrogen-bond donors (Lipinski definition) is 0. The number of methoxy groups -OCH3 is 1. The average molecular weight is 1110 g/mol. The van der Waals surface area contributed by atoms with Gasteiger partial charge < -0.3 is 14.5 Å². The number of fused-ring (bicyclic) bond motifs is 5. The van der Waals surface area contributed by atoms with Crippen LogP contribution < -0.4 is 9.80 Å². The molecule has 0 N–H and O–H groups in total. The first kappa shape index (κ1) is 54.3. The summed E-state index contributed by atoms with van der Waals surface area (Å²) < 4.78 is 9.27. The van der Waals surface area contributed by atoms with Gasteiger partial charge in [0.2, 0.25) is 36.4 Å². The SMILES string of the molecule is CN(C)C=O.CN(C)C=O.COC(=O)C12[C@@H]3C(=O)N(c4ccc(Cl)cc4)C(=O)[C@@H]3[C@H](c3cn(-c4ccccc4)nc3-c3ccccc3)N1[C@@H](c1cn(-c3ccccc3)nc1-c1ccccc1)[C@H]1C(=O)N(c3ccc(Cl)cc3)C(=O)[C@H]12. The highest BCUT2D eigenvalue weighted by molar-refractivity contribution is 6.32. The van der Waals surface area contributed by atoms with Crippen molar-refractivity contribution in [3.8, 4) is 33.9 Å². The molecule has 0 radical (unpaired) electrons. The molecule has 2 aromatic heterocycles. The number of esters is 1. The Morgan fingerprint density at radius 2 is 0.825 bits per heavy atom. The molecular weight excluding hydrogens is 1060 g/mol. The molecule has 6 amide bonds. The molecule has 8 aromatic rings. The normalized spacial score (nSPS) is 20.4. The Kier molecular flexibility index (Phi) is 15.2. The summed E-state index contributed by atoms with van der Waals surface area (Å²) in [7, 11) is 7.95. The molecular formula is C61H53Cl2N9O8. The largest absolute Gasteiger partial charge is 0.468 e. The zero-order chi connectivity index (χ0) is 56.6. The van der Waals surface area contributed by atoms with E-state index in [0.717, 1.165) is 22.6 Å². The lowest BCUT2D eigenvalue weighted by Crippen LogP contribution is -2.61. The summed E-state index contributed by atoms with van der Waals surface area (Å²) in [6.07, 6.45) is 5.13. The average Bonchev–Trinajstić information content (AvgIpc) is 2.61. The summed E-state index contributed by atoms with van der Waals surface area (Å²) in [4.78, 5) is 105. The van der Waals surface area contributed by atoms with Crippen LogP contribution in [0.5, 0.6) is 0 Å². The van der Waals surface area contributed by atoms with Gasteiger partial charge >= 0.3 is 5.97 Å². The Labute approximate surface area is 471 Å². The molecule has 0 spiro atoms. The van der Waals surface area contributed by atoms with Crippen molar-refractivity contribution in [2.75, 3.05) is 45.1 Å². The first-order valence-corrected chi connectivity index (χ1v) is 26.2. The Hall–Kier alpha value is -9.03. The number of imide groups is 2. The van der Waals surface area contributed by atoms with Crippen molar-refractivity contribution in [3.05, 3.63) is 203 Å². The van der Waals surface area contributed by atoms with E-state index in [9.17, 15) is 9.59 Å². The van der Waals surface area contributed by atoms with E-state index in [0.29, 0.717) is 55.1 Å². The molecule has 0 unspecified atom stereocenters. The molecule has 4 fully saturated rings. The fourth-order valence-corrected chi connectivity index (χ4v) is 11.9. The maximum Gasteiger partial charge on any atom is 0.328 e. The monoisotopic (exact) mass is 1110 g/mol. The van der Waals surface area contributed by atoms with Crippen LogP contribution in [0.2, 0.25) is 10.0 Å². The van der Waals surface area contributed by atoms with E-state index in [1.165, 1.54) is 16.9 Å². The van der Waals surface area contributed by atoms with Crippen LogP contribution in [0.1, 0.15) is 23.2 Å². The van der Waals surface area contributed by atoms with Crippen molar-refractivity contribution in [3.63, 3.8) is 0 Å². The number of hydrogen-bond acceptors (Lipinski definition) is 11. The second-order valence-electron chi connectivity index (χ2n) is 19.9. The first-order chi connectivity index (χ1) is 38.6. The lowest BCUT2D eigenvalue weighted by atomic mass is 9.69. The number of nitrogens with zero attached hydrogens (tertiary/aromatic N) is 9. The van der Waals surface area contributed by atoms with E-state index in [1.54, 1.807) is 91.0 Å². The number of ether oxygens (including phenoxy) is 1. The third-order valence-electron chi connectivity index (χ3n) is 14.7. The third-order valence-corrected chi connectivity index (χ3v) is 15.2. The second kappa shape index (κ2) is 22.4. The molecule has 4 aliphatic heterocycles. The van der Waals surface area contributed by atoms with E-state index >= 15 is 24.0 Å². The predicted octanol–water partition coefficient (Wildman–Crippen LogP) is 8.74. The Morgan fingerprint density at radius 1 is 0.500 bits per heavy atom. The number of halogens is 2.